The highest BCUT2D eigenvalue weighted by Crippen LogP contribution is 2.36. The Morgan fingerprint density at radius 3 is 2.30 bits per heavy atom. The minimum absolute atomic E-state index is 1.09. The maximum absolute atomic E-state index is 3.73. The van der Waals surface area contributed by atoms with Crippen molar-refractivity contribution in [3.8, 4) is 22.6 Å². The Morgan fingerprint density at radius 2 is 1.52 bits per heavy atom. The summed E-state index contributed by atoms with van der Waals surface area (Å²) >= 11 is 3.73. The minimum Gasteiger partial charge on any atom is -0.127 e. The molecule has 0 bridgehead atoms. The summed E-state index contributed by atoms with van der Waals surface area (Å²) in [6, 6.07) is 21.2. The summed E-state index contributed by atoms with van der Waals surface area (Å²) in [5.74, 6) is 3.44. The Morgan fingerprint density at radius 1 is 0.826 bits per heavy atom. The Labute approximate surface area is 147 Å². The molecule has 0 amide bonds. The Bertz CT molecular complexity index is 918. The molecule has 0 aliphatic rings. The van der Waals surface area contributed by atoms with Crippen LogP contribution in [0.2, 0.25) is 19.6 Å². The van der Waals surface area contributed by atoms with Gasteiger partial charge in [-0.2, -0.15) is 0 Å². The first kappa shape index (κ1) is 16.0. The zero-order valence-electron chi connectivity index (χ0n) is 13.7. The molecule has 0 fully saturated rings. The summed E-state index contributed by atoms with van der Waals surface area (Å²) < 4.78 is 1.09. The second-order valence-electron chi connectivity index (χ2n) is 6.69. The molecule has 0 atom stereocenters. The van der Waals surface area contributed by atoms with E-state index in [2.05, 4.69) is 108 Å². The molecule has 23 heavy (non-hydrogen) atoms. The van der Waals surface area contributed by atoms with Gasteiger partial charge in [-0.15, -0.1) is 5.54 Å². The number of benzene rings is 3. The van der Waals surface area contributed by atoms with E-state index in [0.29, 0.717) is 0 Å². The number of rotatable bonds is 1. The van der Waals surface area contributed by atoms with Gasteiger partial charge in [-0.1, -0.05) is 90.0 Å². The highest BCUT2D eigenvalue weighted by Gasteiger charge is 2.12. The molecule has 0 radical (unpaired) electrons. The van der Waals surface area contributed by atoms with Crippen molar-refractivity contribution in [2.45, 2.75) is 19.6 Å². The largest absolute Gasteiger partial charge is 0.129 e. The fraction of sp³-hybridized carbons (Fsp3) is 0.143. The molecule has 0 aliphatic carbocycles. The van der Waals surface area contributed by atoms with E-state index in [1.807, 2.05) is 0 Å². The van der Waals surface area contributed by atoms with Crippen LogP contribution >= 0.6 is 15.9 Å². The lowest BCUT2D eigenvalue weighted by Gasteiger charge is -2.12. The Hall–Kier alpha value is -1.82. The first-order valence-corrected chi connectivity index (χ1v) is 12.0. The van der Waals surface area contributed by atoms with Crippen LogP contribution in [0, 0.1) is 11.5 Å². The lowest BCUT2D eigenvalue weighted by molar-refractivity contribution is 1.57. The quantitative estimate of drug-likeness (QED) is 0.334. The van der Waals surface area contributed by atoms with Crippen LogP contribution in [0.25, 0.3) is 21.9 Å². The molecule has 0 nitrogen and oxygen atoms in total. The van der Waals surface area contributed by atoms with Gasteiger partial charge in [-0.05, 0) is 28.5 Å². The van der Waals surface area contributed by atoms with Gasteiger partial charge in [0, 0.05) is 15.6 Å². The SMILES string of the molecule is C[Si](C)(C)C#Cc1cccc(Br)c1-c1cccc2ccccc12. The van der Waals surface area contributed by atoms with Gasteiger partial charge >= 0.3 is 0 Å². The number of fused-ring (bicyclic) bond motifs is 1. The Kier molecular flexibility index (Phi) is 4.43. The predicted octanol–water partition coefficient (Wildman–Crippen LogP) is 6.50. The zero-order valence-corrected chi connectivity index (χ0v) is 16.2. The predicted molar refractivity (Wildman–Crippen MR) is 107 cm³/mol. The number of hydrogen-bond donors (Lipinski definition) is 0. The van der Waals surface area contributed by atoms with Gasteiger partial charge in [0.15, 0.2) is 0 Å². The fourth-order valence-electron chi connectivity index (χ4n) is 2.60. The van der Waals surface area contributed by atoms with E-state index < -0.39 is 8.07 Å². The third-order valence-electron chi connectivity index (χ3n) is 3.64. The van der Waals surface area contributed by atoms with Crippen LogP contribution in [0.15, 0.2) is 65.1 Å². The summed E-state index contributed by atoms with van der Waals surface area (Å²) in [5.41, 5.74) is 7.01. The average Bonchev–Trinajstić information content (AvgIpc) is 2.52. The average molecular weight is 379 g/mol. The van der Waals surface area contributed by atoms with E-state index >= 15 is 0 Å². The van der Waals surface area contributed by atoms with Gasteiger partial charge in [-0.25, -0.2) is 0 Å². The topological polar surface area (TPSA) is 0 Å². The van der Waals surface area contributed by atoms with E-state index in [9.17, 15) is 0 Å². The maximum Gasteiger partial charge on any atom is 0.129 e. The molecule has 2 heteroatoms. The maximum atomic E-state index is 3.73. The summed E-state index contributed by atoms with van der Waals surface area (Å²) in [6.45, 7) is 6.82. The van der Waals surface area contributed by atoms with E-state index in [1.54, 1.807) is 0 Å². The van der Waals surface area contributed by atoms with E-state index in [1.165, 1.54) is 21.9 Å². The van der Waals surface area contributed by atoms with Crippen molar-refractivity contribution in [1.82, 2.24) is 0 Å². The zero-order chi connectivity index (χ0) is 16.4. The lowest BCUT2D eigenvalue weighted by Crippen LogP contribution is -2.16. The molecule has 3 rings (SSSR count). The van der Waals surface area contributed by atoms with Crippen LogP contribution in [-0.2, 0) is 0 Å². The summed E-state index contributed by atoms with van der Waals surface area (Å²) in [5, 5.41) is 2.52. The molecule has 0 spiro atoms. The van der Waals surface area contributed by atoms with E-state index in [-0.39, 0.29) is 0 Å². The lowest BCUT2D eigenvalue weighted by atomic mass is 9.95. The first-order valence-electron chi connectivity index (χ1n) is 7.75. The number of halogens is 1. The van der Waals surface area contributed by atoms with Gasteiger partial charge in [0.2, 0.25) is 0 Å². The molecule has 0 heterocycles. The van der Waals surface area contributed by atoms with Crippen LogP contribution in [0.4, 0.5) is 0 Å². The highest BCUT2D eigenvalue weighted by molar-refractivity contribution is 9.10. The second-order valence-corrected chi connectivity index (χ2v) is 12.3. The monoisotopic (exact) mass is 378 g/mol. The molecule has 0 saturated heterocycles. The van der Waals surface area contributed by atoms with Crippen molar-refractivity contribution in [2.75, 3.05) is 0 Å². The van der Waals surface area contributed by atoms with E-state index in [4.69, 9.17) is 0 Å². The molecule has 0 N–H and O–H groups in total. The molecule has 0 aliphatic heterocycles. The number of hydrogen-bond acceptors (Lipinski definition) is 0. The van der Waals surface area contributed by atoms with Crippen LogP contribution in [0.1, 0.15) is 5.56 Å². The molecular weight excluding hydrogens is 360 g/mol. The van der Waals surface area contributed by atoms with Crippen molar-refractivity contribution < 1.29 is 0 Å². The van der Waals surface area contributed by atoms with Crippen LogP contribution in [0.5, 0.6) is 0 Å². The van der Waals surface area contributed by atoms with Crippen molar-refractivity contribution in [1.29, 1.82) is 0 Å². The summed E-state index contributed by atoms with van der Waals surface area (Å²) in [4.78, 5) is 0. The van der Waals surface area contributed by atoms with Gasteiger partial charge in [0.05, 0.1) is 0 Å². The van der Waals surface area contributed by atoms with Crippen LogP contribution < -0.4 is 0 Å². The van der Waals surface area contributed by atoms with Crippen molar-refractivity contribution >= 4 is 34.8 Å². The first-order chi connectivity index (χ1) is 11.0. The molecular formula is C21H19BrSi. The smallest absolute Gasteiger partial charge is 0.127 e. The van der Waals surface area contributed by atoms with Gasteiger partial charge in [0.25, 0.3) is 0 Å². The summed E-state index contributed by atoms with van der Waals surface area (Å²) in [7, 11) is -1.41. The molecule has 114 valence electrons. The Balaban J connectivity index is 2.28. The highest BCUT2D eigenvalue weighted by atomic mass is 79.9. The third-order valence-corrected chi connectivity index (χ3v) is 5.18. The van der Waals surface area contributed by atoms with Crippen molar-refractivity contribution in [2.24, 2.45) is 0 Å². The van der Waals surface area contributed by atoms with Gasteiger partial charge in [0.1, 0.15) is 8.07 Å². The van der Waals surface area contributed by atoms with Crippen LogP contribution in [0.3, 0.4) is 0 Å². The van der Waals surface area contributed by atoms with Crippen molar-refractivity contribution in [3.05, 3.63) is 70.7 Å². The van der Waals surface area contributed by atoms with Gasteiger partial charge < -0.3 is 0 Å². The molecule has 0 unspecified atom stereocenters. The van der Waals surface area contributed by atoms with Gasteiger partial charge in [-0.3, -0.25) is 0 Å². The standard InChI is InChI=1S/C21H19BrSi/c1-23(2,3)15-14-17-10-7-13-20(22)21(17)19-12-6-9-16-8-4-5-11-18(16)19/h4-13H,1-3H3. The van der Waals surface area contributed by atoms with E-state index in [0.717, 1.165) is 10.0 Å². The molecule has 0 aromatic heterocycles. The second kappa shape index (κ2) is 6.35. The normalized spacial score (nSPS) is 11.1. The minimum atomic E-state index is -1.41. The molecule has 3 aromatic rings. The van der Waals surface area contributed by atoms with Crippen molar-refractivity contribution in [3.63, 3.8) is 0 Å². The summed E-state index contributed by atoms with van der Waals surface area (Å²) in [6.07, 6.45) is 0. The molecule has 0 saturated carbocycles. The fourth-order valence-corrected chi connectivity index (χ4v) is 3.69. The molecule has 3 aromatic carbocycles. The third kappa shape index (κ3) is 3.58. The van der Waals surface area contributed by atoms with Crippen LogP contribution in [-0.4, -0.2) is 8.07 Å².